The van der Waals surface area contributed by atoms with Crippen LogP contribution < -0.4 is 0 Å². The van der Waals surface area contributed by atoms with E-state index in [1.807, 2.05) is 0 Å². The van der Waals surface area contributed by atoms with E-state index in [2.05, 4.69) is 15.9 Å². The monoisotopic (exact) mass is 355 g/mol. The zero-order valence-electron chi connectivity index (χ0n) is 11.6. The molecule has 1 N–H and O–H groups in total. The van der Waals surface area contributed by atoms with Crippen molar-refractivity contribution in [2.24, 2.45) is 0 Å². The third-order valence-corrected chi connectivity index (χ3v) is 4.01. The lowest BCUT2D eigenvalue weighted by atomic mass is 9.98. The lowest BCUT2D eigenvalue weighted by molar-refractivity contribution is -0.138. The summed E-state index contributed by atoms with van der Waals surface area (Å²) in [6.07, 6.45) is 6.63. The Labute approximate surface area is 131 Å². The Balaban J connectivity index is 1.97. The Bertz CT molecular complexity index is 538. The van der Waals surface area contributed by atoms with Crippen LogP contribution in [0.25, 0.3) is 6.08 Å². The van der Waals surface area contributed by atoms with Gasteiger partial charge >= 0.3 is 5.97 Å². The molecule has 0 bridgehead atoms. The minimum atomic E-state index is -0.816. The first-order chi connectivity index (χ1) is 10.1. The highest BCUT2D eigenvalue weighted by molar-refractivity contribution is 9.10. The number of carbonyl (C=O) groups is 2. The van der Waals surface area contributed by atoms with Gasteiger partial charge in [0.15, 0.2) is 4.67 Å². The Morgan fingerprint density at radius 1 is 1.43 bits per heavy atom. The number of amides is 1. The molecule has 1 aromatic heterocycles. The van der Waals surface area contributed by atoms with Crippen LogP contribution in [0.15, 0.2) is 27.3 Å². The minimum absolute atomic E-state index is 0.0235. The topological polar surface area (TPSA) is 70.8 Å². The number of hydrogen-bond donors (Lipinski definition) is 1. The molecule has 0 saturated carbocycles. The number of carboxylic acid groups (broad SMARTS) is 1. The fourth-order valence-electron chi connectivity index (χ4n) is 2.55. The minimum Gasteiger partial charge on any atom is -0.481 e. The van der Waals surface area contributed by atoms with Crippen molar-refractivity contribution < 1.29 is 19.1 Å². The molecule has 5 nitrogen and oxygen atoms in total. The molecule has 1 saturated heterocycles. The summed E-state index contributed by atoms with van der Waals surface area (Å²) in [5, 5.41) is 8.79. The molecule has 1 aliphatic heterocycles. The van der Waals surface area contributed by atoms with Gasteiger partial charge in [-0.2, -0.15) is 0 Å². The second-order valence-electron chi connectivity index (χ2n) is 5.09. The highest BCUT2D eigenvalue weighted by atomic mass is 79.9. The molecule has 0 aliphatic carbocycles. The van der Waals surface area contributed by atoms with Crippen molar-refractivity contribution in [2.45, 2.75) is 38.1 Å². The molecule has 2 rings (SSSR count). The number of piperidine rings is 1. The first-order valence-electron chi connectivity index (χ1n) is 7.02. The van der Waals surface area contributed by atoms with Crippen molar-refractivity contribution in [2.75, 3.05) is 6.54 Å². The average Bonchev–Trinajstić information content (AvgIpc) is 2.88. The number of halogens is 1. The first-order valence-corrected chi connectivity index (χ1v) is 7.81. The van der Waals surface area contributed by atoms with Crippen LogP contribution in [-0.4, -0.2) is 34.5 Å². The van der Waals surface area contributed by atoms with Gasteiger partial charge in [0.1, 0.15) is 5.76 Å². The van der Waals surface area contributed by atoms with E-state index in [1.165, 1.54) is 6.08 Å². The molecule has 0 radical (unpaired) electrons. The Morgan fingerprint density at radius 2 is 2.24 bits per heavy atom. The van der Waals surface area contributed by atoms with Gasteiger partial charge in [-0.3, -0.25) is 9.59 Å². The second-order valence-corrected chi connectivity index (χ2v) is 5.87. The predicted octanol–water partition coefficient (Wildman–Crippen LogP) is 3.30. The SMILES string of the molecule is O=C(O)CCC1CCCCN1C(=O)C=Cc1ccc(Br)o1. The fourth-order valence-corrected chi connectivity index (χ4v) is 2.87. The van der Waals surface area contributed by atoms with E-state index in [9.17, 15) is 9.59 Å². The highest BCUT2D eigenvalue weighted by Crippen LogP contribution is 2.22. The predicted molar refractivity (Wildman–Crippen MR) is 81.7 cm³/mol. The van der Waals surface area contributed by atoms with Crippen molar-refractivity contribution in [3.05, 3.63) is 28.6 Å². The quantitative estimate of drug-likeness (QED) is 0.822. The van der Waals surface area contributed by atoms with Gasteiger partial charge in [0.25, 0.3) is 0 Å². The average molecular weight is 356 g/mol. The van der Waals surface area contributed by atoms with E-state index in [-0.39, 0.29) is 18.4 Å². The first kappa shape index (κ1) is 15.8. The molecule has 21 heavy (non-hydrogen) atoms. The molecule has 1 unspecified atom stereocenters. The lowest BCUT2D eigenvalue weighted by Gasteiger charge is -2.35. The number of hydrogen-bond acceptors (Lipinski definition) is 3. The maximum Gasteiger partial charge on any atom is 0.303 e. The molecule has 1 aromatic rings. The van der Waals surface area contributed by atoms with Crippen LogP contribution in [0, 0.1) is 0 Å². The summed E-state index contributed by atoms with van der Waals surface area (Å²) in [5.74, 6) is -0.295. The molecule has 1 amide bonds. The standard InChI is InChI=1S/C15H18BrNO4/c16-13-7-5-12(21-13)6-8-14(18)17-10-2-1-3-11(17)4-9-15(19)20/h5-8,11H,1-4,9-10H2,(H,19,20). The molecule has 114 valence electrons. The number of nitrogens with zero attached hydrogens (tertiary/aromatic N) is 1. The van der Waals surface area contributed by atoms with Crippen LogP contribution in [0.4, 0.5) is 0 Å². The fraction of sp³-hybridized carbons (Fsp3) is 0.467. The maximum atomic E-state index is 12.3. The molecule has 2 heterocycles. The molecule has 0 aromatic carbocycles. The zero-order chi connectivity index (χ0) is 15.2. The van der Waals surface area contributed by atoms with E-state index in [0.717, 1.165) is 19.3 Å². The Morgan fingerprint density at radius 3 is 2.90 bits per heavy atom. The van der Waals surface area contributed by atoms with E-state index < -0.39 is 5.97 Å². The lowest BCUT2D eigenvalue weighted by Crippen LogP contribution is -2.43. The Hall–Kier alpha value is -1.56. The summed E-state index contributed by atoms with van der Waals surface area (Å²) >= 11 is 3.21. The van der Waals surface area contributed by atoms with Crippen molar-refractivity contribution in [3.63, 3.8) is 0 Å². The summed E-state index contributed by atoms with van der Waals surface area (Å²) in [6, 6.07) is 3.56. The van der Waals surface area contributed by atoms with Gasteiger partial charge in [-0.1, -0.05) is 0 Å². The van der Waals surface area contributed by atoms with Gasteiger partial charge in [-0.25, -0.2) is 0 Å². The highest BCUT2D eigenvalue weighted by Gasteiger charge is 2.25. The van der Waals surface area contributed by atoms with Crippen LogP contribution in [-0.2, 0) is 9.59 Å². The maximum absolute atomic E-state index is 12.3. The molecule has 1 fully saturated rings. The molecule has 1 atom stereocenters. The van der Waals surface area contributed by atoms with Crippen LogP contribution in [0.2, 0.25) is 0 Å². The van der Waals surface area contributed by atoms with Gasteiger partial charge < -0.3 is 14.4 Å². The number of rotatable bonds is 5. The Kier molecular flexibility index (Phi) is 5.61. The van der Waals surface area contributed by atoms with E-state index >= 15 is 0 Å². The van der Waals surface area contributed by atoms with Crippen molar-refractivity contribution >= 4 is 33.9 Å². The second kappa shape index (κ2) is 7.45. The number of carbonyl (C=O) groups excluding carboxylic acids is 1. The zero-order valence-corrected chi connectivity index (χ0v) is 13.2. The van der Waals surface area contributed by atoms with Crippen LogP contribution >= 0.6 is 15.9 Å². The summed E-state index contributed by atoms with van der Waals surface area (Å²) in [5.41, 5.74) is 0. The normalized spacial score (nSPS) is 19.1. The summed E-state index contributed by atoms with van der Waals surface area (Å²) in [7, 11) is 0. The number of furan rings is 1. The molecule has 6 heteroatoms. The summed E-state index contributed by atoms with van der Waals surface area (Å²) in [6.45, 7) is 0.690. The number of aliphatic carboxylic acids is 1. The van der Waals surface area contributed by atoms with Crippen LogP contribution in [0.3, 0.4) is 0 Å². The third kappa shape index (κ3) is 4.74. The van der Waals surface area contributed by atoms with Gasteiger partial charge in [0, 0.05) is 25.1 Å². The van der Waals surface area contributed by atoms with Crippen molar-refractivity contribution in [3.8, 4) is 0 Å². The summed E-state index contributed by atoms with van der Waals surface area (Å²) in [4.78, 5) is 24.7. The largest absolute Gasteiger partial charge is 0.481 e. The van der Waals surface area contributed by atoms with Gasteiger partial charge in [-0.05, 0) is 59.8 Å². The smallest absolute Gasteiger partial charge is 0.303 e. The van der Waals surface area contributed by atoms with Crippen LogP contribution in [0.5, 0.6) is 0 Å². The van der Waals surface area contributed by atoms with Gasteiger partial charge in [0.05, 0.1) is 0 Å². The molecular weight excluding hydrogens is 338 g/mol. The molecular formula is C15H18BrNO4. The third-order valence-electron chi connectivity index (χ3n) is 3.59. The summed E-state index contributed by atoms with van der Waals surface area (Å²) < 4.78 is 5.93. The van der Waals surface area contributed by atoms with Crippen molar-refractivity contribution in [1.82, 2.24) is 4.90 Å². The molecule has 1 aliphatic rings. The van der Waals surface area contributed by atoms with Gasteiger partial charge in [0.2, 0.25) is 5.91 Å². The van der Waals surface area contributed by atoms with Crippen molar-refractivity contribution in [1.29, 1.82) is 0 Å². The number of likely N-dealkylation sites (tertiary alicyclic amines) is 1. The van der Waals surface area contributed by atoms with E-state index in [4.69, 9.17) is 9.52 Å². The number of carboxylic acids is 1. The van der Waals surface area contributed by atoms with E-state index in [0.29, 0.717) is 23.4 Å². The van der Waals surface area contributed by atoms with E-state index in [1.54, 1.807) is 23.1 Å². The van der Waals surface area contributed by atoms with Gasteiger partial charge in [-0.15, -0.1) is 0 Å². The van der Waals surface area contributed by atoms with Crippen LogP contribution in [0.1, 0.15) is 37.9 Å². The molecule has 0 spiro atoms.